The summed E-state index contributed by atoms with van der Waals surface area (Å²) in [7, 11) is 0. The average molecular weight is 432 g/mol. The summed E-state index contributed by atoms with van der Waals surface area (Å²) in [6.07, 6.45) is 6.37. The van der Waals surface area contributed by atoms with E-state index in [1.807, 2.05) is 59.2 Å². The fraction of sp³-hybridized carbons (Fsp3) is 0.217. The molecule has 3 heterocycles. The Kier molecular flexibility index (Phi) is 5.56. The molecular weight excluding hydrogens is 410 g/mol. The number of hydrogen-bond acceptors (Lipinski definition) is 6. The Bertz CT molecular complexity index is 1190. The lowest BCUT2D eigenvalue weighted by atomic mass is 10.2. The van der Waals surface area contributed by atoms with Gasteiger partial charge in [-0.2, -0.15) is 4.98 Å². The van der Waals surface area contributed by atoms with Gasteiger partial charge in [0.15, 0.2) is 11.2 Å². The molecule has 5 rings (SSSR count). The second kappa shape index (κ2) is 8.79. The first-order chi connectivity index (χ1) is 15.3. The number of hydrogen-bond donors (Lipinski definition) is 1. The van der Waals surface area contributed by atoms with Crippen LogP contribution in [0.2, 0.25) is 0 Å². The number of rotatable bonds is 5. The molecule has 0 spiro atoms. The number of thiocarbonyl (C=S) groups is 1. The van der Waals surface area contributed by atoms with Gasteiger partial charge in [-0.15, -0.1) is 0 Å². The Labute approximate surface area is 185 Å². The molecule has 1 aliphatic rings. The van der Waals surface area contributed by atoms with Crippen LogP contribution in [0.5, 0.6) is 11.6 Å². The van der Waals surface area contributed by atoms with Crippen LogP contribution in [0, 0.1) is 0 Å². The molecule has 8 heteroatoms. The van der Waals surface area contributed by atoms with E-state index in [9.17, 15) is 0 Å². The van der Waals surface area contributed by atoms with Crippen molar-refractivity contribution < 1.29 is 9.47 Å². The van der Waals surface area contributed by atoms with Crippen molar-refractivity contribution in [1.29, 1.82) is 0 Å². The summed E-state index contributed by atoms with van der Waals surface area (Å²) in [5, 5.41) is 3.24. The molecule has 1 unspecified atom stereocenters. The number of aromatic nitrogens is 4. The van der Waals surface area contributed by atoms with Gasteiger partial charge in [0.2, 0.25) is 0 Å². The first-order valence-corrected chi connectivity index (χ1v) is 10.6. The largest absolute Gasteiger partial charge is 0.437 e. The van der Waals surface area contributed by atoms with E-state index in [-0.39, 0.29) is 6.23 Å². The highest BCUT2D eigenvalue weighted by Gasteiger charge is 2.20. The zero-order chi connectivity index (χ0) is 21.0. The summed E-state index contributed by atoms with van der Waals surface area (Å²) in [5.74, 6) is 1.07. The molecule has 0 radical (unpaired) electrons. The standard InChI is InChI=1S/C23H21N5O2S/c31-23(16-6-2-1-3-7-16)27-17-9-11-18(12-10-17)30-22-20-21(24-14-25-22)28(15-26-20)19-8-4-5-13-29-19/h1-3,6-7,9-12,14-15,19H,4-5,8,13H2,(H,27,31). The van der Waals surface area contributed by atoms with Crippen molar-refractivity contribution in [2.24, 2.45) is 0 Å². The molecule has 31 heavy (non-hydrogen) atoms. The predicted molar refractivity (Wildman–Crippen MR) is 122 cm³/mol. The molecule has 0 amide bonds. The molecular formula is C23H21N5O2S. The Hall–Kier alpha value is -3.36. The number of fused-ring (bicyclic) bond motifs is 1. The van der Waals surface area contributed by atoms with Gasteiger partial charge < -0.3 is 14.8 Å². The van der Waals surface area contributed by atoms with Gasteiger partial charge in [-0.3, -0.25) is 4.57 Å². The minimum atomic E-state index is -0.0414. The number of imidazole rings is 1. The zero-order valence-electron chi connectivity index (χ0n) is 16.8. The smallest absolute Gasteiger partial charge is 0.250 e. The molecule has 0 aliphatic carbocycles. The normalized spacial score (nSPS) is 16.2. The lowest BCUT2D eigenvalue weighted by molar-refractivity contribution is -0.0298. The van der Waals surface area contributed by atoms with Gasteiger partial charge >= 0.3 is 0 Å². The zero-order valence-corrected chi connectivity index (χ0v) is 17.6. The SMILES string of the molecule is S=C(Nc1ccc(Oc2ncnc3c2ncn3C2CCCCO2)cc1)c1ccccc1. The van der Waals surface area contributed by atoms with Crippen molar-refractivity contribution in [1.82, 2.24) is 19.5 Å². The third kappa shape index (κ3) is 4.26. The predicted octanol–water partition coefficient (Wildman–Crippen LogP) is 5.11. The third-order valence-electron chi connectivity index (χ3n) is 5.15. The van der Waals surface area contributed by atoms with E-state index in [1.165, 1.54) is 6.33 Å². The van der Waals surface area contributed by atoms with Crippen molar-refractivity contribution in [2.45, 2.75) is 25.5 Å². The molecule has 1 aliphatic heterocycles. The summed E-state index contributed by atoms with van der Waals surface area (Å²) < 4.78 is 13.8. The van der Waals surface area contributed by atoms with Crippen LogP contribution < -0.4 is 10.1 Å². The number of nitrogens with one attached hydrogen (secondary N) is 1. The monoisotopic (exact) mass is 431 g/mol. The molecule has 7 nitrogen and oxygen atoms in total. The van der Waals surface area contributed by atoms with E-state index in [1.54, 1.807) is 6.33 Å². The van der Waals surface area contributed by atoms with Gasteiger partial charge in [-0.1, -0.05) is 42.5 Å². The number of benzene rings is 2. The van der Waals surface area contributed by atoms with Crippen LogP contribution in [-0.2, 0) is 4.74 Å². The topological polar surface area (TPSA) is 74.1 Å². The molecule has 1 saturated heterocycles. The van der Waals surface area contributed by atoms with Crippen molar-refractivity contribution in [3.63, 3.8) is 0 Å². The van der Waals surface area contributed by atoms with Crippen molar-refractivity contribution in [3.8, 4) is 11.6 Å². The van der Waals surface area contributed by atoms with Crippen LogP contribution in [0.15, 0.2) is 67.3 Å². The lowest BCUT2D eigenvalue weighted by Crippen LogP contribution is -2.17. The Morgan fingerprint density at radius 1 is 1.03 bits per heavy atom. The van der Waals surface area contributed by atoms with Crippen molar-refractivity contribution in [3.05, 3.63) is 72.8 Å². The summed E-state index contributed by atoms with van der Waals surface area (Å²) in [4.78, 5) is 13.8. The summed E-state index contributed by atoms with van der Waals surface area (Å²) >= 11 is 5.47. The van der Waals surface area contributed by atoms with E-state index in [4.69, 9.17) is 21.7 Å². The first kappa shape index (κ1) is 19.6. The molecule has 1 fully saturated rings. The highest BCUT2D eigenvalue weighted by atomic mass is 32.1. The van der Waals surface area contributed by atoms with Crippen LogP contribution in [-0.4, -0.2) is 31.1 Å². The quantitative estimate of drug-likeness (QED) is 0.440. The number of ether oxygens (including phenoxy) is 2. The van der Waals surface area contributed by atoms with Gasteiger partial charge in [0.1, 0.15) is 23.3 Å². The Morgan fingerprint density at radius 3 is 2.65 bits per heavy atom. The van der Waals surface area contributed by atoms with E-state index in [2.05, 4.69) is 20.3 Å². The minimum Gasteiger partial charge on any atom is -0.437 e. The maximum Gasteiger partial charge on any atom is 0.250 e. The minimum absolute atomic E-state index is 0.0414. The van der Waals surface area contributed by atoms with E-state index < -0.39 is 0 Å². The lowest BCUT2D eigenvalue weighted by Gasteiger charge is -2.23. The fourth-order valence-corrected chi connectivity index (χ4v) is 3.82. The van der Waals surface area contributed by atoms with E-state index in [0.717, 1.165) is 37.1 Å². The van der Waals surface area contributed by atoms with Crippen molar-refractivity contribution >= 4 is 34.1 Å². The number of nitrogens with zero attached hydrogens (tertiary/aromatic N) is 4. The van der Waals surface area contributed by atoms with E-state index in [0.29, 0.717) is 27.8 Å². The van der Waals surface area contributed by atoms with Crippen LogP contribution in [0.1, 0.15) is 31.1 Å². The molecule has 2 aromatic heterocycles. The molecule has 156 valence electrons. The maximum absolute atomic E-state index is 6.01. The van der Waals surface area contributed by atoms with Crippen LogP contribution >= 0.6 is 12.2 Å². The van der Waals surface area contributed by atoms with E-state index >= 15 is 0 Å². The highest BCUT2D eigenvalue weighted by molar-refractivity contribution is 7.81. The molecule has 1 atom stereocenters. The number of anilines is 1. The van der Waals surface area contributed by atoms with Gasteiger partial charge in [-0.05, 0) is 43.5 Å². The van der Waals surface area contributed by atoms with Crippen LogP contribution in [0.25, 0.3) is 11.2 Å². The fourth-order valence-electron chi connectivity index (χ4n) is 3.57. The van der Waals surface area contributed by atoms with Crippen molar-refractivity contribution in [2.75, 3.05) is 11.9 Å². The molecule has 2 aromatic carbocycles. The second-order valence-corrected chi connectivity index (χ2v) is 7.68. The second-order valence-electron chi connectivity index (χ2n) is 7.27. The third-order valence-corrected chi connectivity index (χ3v) is 5.49. The Morgan fingerprint density at radius 2 is 1.87 bits per heavy atom. The molecule has 0 bridgehead atoms. The van der Waals surface area contributed by atoms with Crippen LogP contribution in [0.4, 0.5) is 5.69 Å². The van der Waals surface area contributed by atoms with Gasteiger partial charge in [0, 0.05) is 17.9 Å². The van der Waals surface area contributed by atoms with Gasteiger partial charge in [0.25, 0.3) is 5.88 Å². The van der Waals surface area contributed by atoms with Gasteiger partial charge in [-0.25, -0.2) is 9.97 Å². The molecule has 1 N–H and O–H groups in total. The van der Waals surface area contributed by atoms with Gasteiger partial charge in [0.05, 0.1) is 6.33 Å². The first-order valence-electron chi connectivity index (χ1n) is 10.2. The summed E-state index contributed by atoms with van der Waals surface area (Å²) in [6, 6.07) is 17.4. The average Bonchev–Trinajstić information content (AvgIpc) is 3.27. The maximum atomic E-state index is 6.01. The molecule has 0 saturated carbocycles. The summed E-state index contributed by atoms with van der Waals surface area (Å²) in [5.41, 5.74) is 3.18. The van der Waals surface area contributed by atoms with Crippen LogP contribution in [0.3, 0.4) is 0 Å². The summed E-state index contributed by atoms with van der Waals surface area (Å²) in [6.45, 7) is 0.757. The molecule has 4 aromatic rings. The Balaban J connectivity index is 1.32. The highest BCUT2D eigenvalue weighted by Crippen LogP contribution is 2.30.